The molecule has 1 saturated heterocycles. The van der Waals surface area contributed by atoms with Crippen LogP contribution in [0.25, 0.3) is 0 Å². The fourth-order valence-electron chi connectivity index (χ4n) is 2.08. The zero-order chi connectivity index (χ0) is 13.8. The maximum atomic E-state index is 11.8. The molecule has 0 radical (unpaired) electrons. The van der Waals surface area contributed by atoms with Gasteiger partial charge in [-0.15, -0.1) is 0 Å². The van der Waals surface area contributed by atoms with Crippen LogP contribution < -0.4 is 5.32 Å². The number of methoxy groups -OCH3 is 1. The van der Waals surface area contributed by atoms with Gasteiger partial charge < -0.3 is 9.64 Å². The first-order valence-corrected chi connectivity index (χ1v) is 6.34. The van der Waals surface area contributed by atoms with Crippen LogP contribution in [0.3, 0.4) is 0 Å². The van der Waals surface area contributed by atoms with Crippen molar-refractivity contribution in [2.24, 2.45) is 0 Å². The Bertz CT molecular complexity index is 493. The summed E-state index contributed by atoms with van der Waals surface area (Å²) >= 11 is 5.95. The van der Waals surface area contributed by atoms with Crippen LogP contribution in [0.15, 0.2) is 24.3 Å². The number of carbonyl (C=O) groups is 2. The number of amides is 1. The summed E-state index contributed by atoms with van der Waals surface area (Å²) in [6.07, 6.45) is -0.0584. The molecule has 0 spiro atoms. The average molecular weight is 283 g/mol. The molecule has 19 heavy (non-hydrogen) atoms. The van der Waals surface area contributed by atoms with Gasteiger partial charge in [0.05, 0.1) is 20.1 Å². The molecule has 1 aliphatic heterocycles. The van der Waals surface area contributed by atoms with E-state index < -0.39 is 0 Å². The van der Waals surface area contributed by atoms with E-state index in [-0.39, 0.29) is 31.0 Å². The third-order valence-electron chi connectivity index (χ3n) is 3.03. The Balaban J connectivity index is 2.11. The number of rotatable bonds is 4. The normalized spacial score (nSPS) is 18.7. The molecule has 1 aromatic carbocycles. The van der Waals surface area contributed by atoms with E-state index in [1.165, 1.54) is 7.11 Å². The highest BCUT2D eigenvalue weighted by Gasteiger charge is 2.31. The van der Waals surface area contributed by atoms with Crippen molar-refractivity contribution in [1.82, 2.24) is 10.2 Å². The minimum Gasteiger partial charge on any atom is -0.469 e. The number of hydrogen-bond acceptors (Lipinski definition) is 4. The molecular weight excluding hydrogens is 268 g/mol. The van der Waals surface area contributed by atoms with Crippen LogP contribution >= 0.6 is 11.6 Å². The summed E-state index contributed by atoms with van der Waals surface area (Å²) in [4.78, 5) is 24.6. The lowest BCUT2D eigenvalue weighted by atomic mass is 10.1. The van der Waals surface area contributed by atoms with Gasteiger partial charge in [0.1, 0.15) is 6.17 Å². The van der Waals surface area contributed by atoms with Gasteiger partial charge in [0.15, 0.2) is 0 Å². The molecule has 102 valence electrons. The molecule has 6 heteroatoms. The zero-order valence-corrected chi connectivity index (χ0v) is 11.3. The minimum absolute atomic E-state index is 0.0334. The largest absolute Gasteiger partial charge is 0.469 e. The number of nitrogens with one attached hydrogen (secondary N) is 1. The third kappa shape index (κ3) is 3.24. The van der Waals surface area contributed by atoms with E-state index in [1.54, 1.807) is 11.0 Å². The summed E-state index contributed by atoms with van der Waals surface area (Å²) in [5.74, 6) is -0.363. The smallest absolute Gasteiger partial charge is 0.307 e. The molecule has 0 aromatic heterocycles. The molecule has 0 saturated carbocycles. The predicted molar refractivity (Wildman–Crippen MR) is 70.5 cm³/mol. The molecule has 1 N–H and O–H groups in total. The van der Waals surface area contributed by atoms with Gasteiger partial charge in [-0.2, -0.15) is 0 Å². The number of halogens is 1. The minimum atomic E-state index is -0.329. The lowest BCUT2D eigenvalue weighted by Gasteiger charge is -2.24. The summed E-state index contributed by atoms with van der Waals surface area (Å²) in [5, 5.41) is 3.72. The molecule has 1 amide bonds. The van der Waals surface area contributed by atoms with Gasteiger partial charge in [0, 0.05) is 11.6 Å². The van der Waals surface area contributed by atoms with Crippen LogP contribution in [0.5, 0.6) is 0 Å². The summed E-state index contributed by atoms with van der Waals surface area (Å²) in [7, 11) is 1.33. The number of nitrogens with zero attached hydrogens (tertiary/aromatic N) is 1. The van der Waals surface area contributed by atoms with Crippen LogP contribution in [0.2, 0.25) is 5.02 Å². The molecule has 1 aromatic rings. The van der Waals surface area contributed by atoms with Gasteiger partial charge in [-0.25, -0.2) is 0 Å². The fraction of sp³-hybridized carbons (Fsp3) is 0.385. The number of benzene rings is 1. The van der Waals surface area contributed by atoms with E-state index in [1.807, 2.05) is 18.2 Å². The van der Waals surface area contributed by atoms with Gasteiger partial charge in [-0.3, -0.25) is 14.9 Å². The predicted octanol–water partition coefficient (Wildman–Crippen LogP) is 1.33. The summed E-state index contributed by atoms with van der Waals surface area (Å²) in [6.45, 7) is 0.591. The number of esters is 1. The van der Waals surface area contributed by atoms with E-state index in [0.717, 1.165) is 5.56 Å². The number of carbonyl (C=O) groups excluding carboxylic acids is 2. The maximum absolute atomic E-state index is 11.8. The van der Waals surface area contributed by atoms with Gasteiger partial charge in [0.25, 0.3) is 0 Å². The van der Waals surface area contributed by atoms with Crippen molar-refractivity contribution < 1.29 is 14.3 Å². The highest BCUT2D eigenvalue weighted by Crippen LogP contribution is 2.24. The lowest BCUT2D eigenvalue weighted by molar-refractivity contribution is -0.141. The van der Waals surface area contributed by atoms with Crippen molar-refractivity contribution in [3.05, 3.63) is 34.9 Å². The van der Waals surface area contributed by atoms with Gasteiger partial charge in [-0.1, -0.05) is 23.7 Å². The van der Waals surface area contributed by atoms with Crippen LogP contribution in [0, 0.1) is 0 Å². The highest BCUT2D eigenvalue weighted by molar-refractivity contribution is 6.30. The molecule has 1 heterocycles. The van der Waals surface area contributed by atoms with Gasteiger partial charge >= 0.3 is 5.97 Å². The Morgan fingerprint density at radius 3 is 3.05 bits per heavy atom. The molecule has 1 fully saturated rings. The Hall–Kier alpha value is -1.59. The quantitative estimate of drug-likeness (QED) is 0.847. The highest BCUT2D eigenvalue weighted by atomic mass is 35.5. The standard InChI is InChI=1S/C13H15ClN2O3/c1-19-12(18)5-6-16-11(17)8-15-13(16)9-3-2-4-10(14)7-9/h2-4,7,13,15H,5-6,8H2,1H3. The van der Waals surface area contributed by atoms with E-state index in [0.29, 0.717) is 11.6 Å². The average Bonchev–Trinajstić information content (AvgIpc) is 2.77. The first-order valence-electron chi connectivity index (χ1n) is 5.97. The third-order valence-corrected chi connectivity index (χ3v) is 3.26. The Morgan fingerprint density at radius 1 is 1.58 bits per heavy atom. The Labute approximate surface area is 116 Å². The molecule has 1 atom stereocenters. The van der Waals surface area contributed by atoms with Crippen molar-refractivity contribution in [1.29, 1.82) is 0 Å². The second-order valence-corrected chi connectivity index (χ2v) is 4.69. The molecule has 1 aliphatic rings. The first kappa shape index (κ1) is 13.8. The van der Waals surface area contributed by atoms with Crippen LogP contribution in [-0.2, 0) is 14.3 Å². The summed E-state index contributed by atoms with van der Waals surface area (Å²) in [6, 6.07) is 7.32. The van der Waals surface area contributed by atoms with E-state index in [2.05, 4.69) is 10.1 Å². The molecule has 0 bridgehead atoms. The van der Waals surface area contributed by atoms with E-state index in [9.17, 15) is 9.59 Å². The molecule has 5 nitrogen and oxygen atoms in total. The topological polar surface area (TPSA) is 58.6 Å². The van der Waals surface area contributed by atoms with Crippen LogP contribution in [0.1, 0.15) is 18.2 Å². The lowest BCUT2D eigenvalue weighted by Crippen LogP contribution is -2.32. The fourth-order valence-corrected chi connectivity index (χ4v) is 2.28. The summed E-state index contributed by atoms with van der Waals surface area (Å²) < 4.78 is 4.59. The number of ether oxygens (including phenoxy) is 1. The van der Waals surface area contributed by atoms with Crippen molar-refractivity contribution in [2.75, 3.05) is 20.2 Å². The second-order valence-electron chi connectivity index (χ2n) is 4.25. The first-order chi connectivity index (χ1) is 9.11. The van der Waals surface area contributed by atoms with Gasteiger partial charge in [-0.05, 0) is 17.7 Å². The van der Waals surface area contributed by atoms with Crippen molar-refractivity contribution in [3.63, 3.8) is 0 Å². The number of hydrogen-bond donors (Lipinski definition) is 1. The van der Waals surface area contributed by atoms with Gasteiger partial charge in [0.2, 0.25) is 5.91 Å². The van der Waals surface area contributed by atoms with E-state index >= 15 is 0 Å². The molecule has 2 rings (SSSR count). The van der Waals surface area contributed by atoms with E-state index in [4.69, 9.17) is 11.6 Å². The van der Waals surface area contributed by atoms with Crippen LogP contribution in [-0.4, -0.2) is 37.0 Å². The Morgan fingerprint density at radius 2 is 2.37 bits per heavy atom. The Kier molecular flexibility index (Phi) is 4.39. The summed E-state index contributed by atoms with van der Waals surface area (Å²) in [5.41, 5.74) is 0.906. The monoisotopic (exact) mass is 282 g/mol. The SMILES string of the molecule is COC(=O)CCN1C(=O)CNC1c1cccc(Cl)c1. The second kappa shape index (κ2) is 6.04. The molecule has 1 unspecified atom stereocenters. The van der Waals surface area contributed by atoms with Crippen molar-refractivity contribution in [2.45, 2.75) is 12.6 Å². The van der Waals surface area contributed by atoms with Crippen molar-refractivity contribution >= 4 is 23.5 Å². The van der Waals surface area contributed by atoms with Crippen molar-refractivity contribution in [3.8, 4) is 0 Å². The maximum Gasteiger partial charge on any atom is 0.307 e. The molecular formula is C13H15ClN2O3. The zero-order valence-electron chi connectivity index (χ0n) is 10.6. The van der Waals surface area contributed by atoms with Crippen LogP contribution in [0.4, 0.5) is 0 Å². The molecule has 0 aliphatic carbocycles.